The molecule has 0 bridgehead atoms. The van der Waals surface area contributed by atoms with Crippen molar-refractivity contribution in [3.8, 4) is 0 Å². The van der Waals surface area contributed by atoms with E-state index in [-0.39, 0.29) is 18.2 Å². The van der Waals surface area contributed by atoms with Crippen LogP contribution in [-0.4, -0.2) is 33.8 Å². The van der Waals surface area contributed by atoms with E-state index in [1.54, 1.807) is 6.20 Å². The van der Waals surface area contributed by atoms with Crippen molar-refractivity contribution in [3.63, 3.8) is 0 Å². The van der Waals surface area contributed by atoms with Crippen LogP contribution in [0.15, 0.2) is 30.5 Å². The predicted octanol–water partition coefficient (Wildman–Crippen LogP) is 2.32. The average molecular weight is 342 g/mol. The summed E-state index contributed by atoms with van der Waals surface area (Å²) >= 11 is 0. The van der Waals surface area contributed by atoms with Crippen LogP contribution in [-0.2, 0) is 14.4 Å². The molecule has 1 aromatic rings. The maximum Gasteiger partial charge on any atom is 0.326 e. The Morgan fingerprint density at radius 1 is 1.28 bits per heavy atom. The maximum atomic E-state index is 12.5. The third-order valence-corrected chi connectivity index (χ3v) is 4.75. The molecule has 0 saturated heterocycles. The Morgan fingerprint density at radius 2 is 2.00 bits per heavy atom. The van der Waals surface area contributed by atoms with Gasteiger partial charge < -0.3 is 15.3 Å². The van der Waals surface area contributed by atoms with Gasteiger partial charge in [0.2, 0.25) is 11.8 Å². The molecule has 132 valence electrons. The van der Waals surface area contributed by atoms with Gasteiger partial charge in [-0.25, -0.2) is 4.79 Å². The van der Waals surface area contributed by atoms with Crippen LogP contribution in [0.4, 0.5) is 0 Å². The Hall–Kier alpha value is -2.63. The molecule has 2 N–H and O–H groups in total. The number of fused-ring (bicyclic) bond motifs is 1. The summed E-state index contributed by atoms with van der Waals surface area (Å²) in [6.45, 7) is 1.45. The van der Waals surface area contributed by atoms with Gasteiger partial charge in [0.05, 0.1) is 12.5 Å². The van der Waals surface area contributed by atoms with Crippen LogP contribution >= 0.6 is 0 Å². The Bertz CT molecular complexity index is 724. The second-order valence-electron chi connectivity index (χ2n) is 6.73. The van der Waals surface area contributed by atoms with Gasteiger partial charge in [-0.15, -0.1) is 0 Å². The van der Waals surface area contributed by atoms with E-state index >= 15 is 0 Å². The molecule has 2 amide bonds. The molecule has 1 fully saturated rings. The van der Waals surface area contributed by atoms with E-state index < -0.39 is 18.1 Å². The minimum Gasteiger partial charge on any atom is -0.480 e. The first kappa shape index (κ1) is 17.2. The van der Waals surface area contributed by atoms with Crippen molar-refractivity contribution in [2.75, 3.05) is 0 Å². The number of carbonyl (C=O) groups excluding carboxylic acids is 2. The van der Waals surface area contributed by atoms with E-state index in [1.165, 1.54) is 11.8 Å². The summed E-state index contributed by atoms with van der Waals surface area (Å²) in [5.41, 5.74) is 1.86. The minimum absolute atomic E-state index is 0.0371. The second-order valence-corrected chi connectivity index (χ2v) is 6.73. The number of rotatable bonds is 6. The number of hydrogen-bond acceptors (Lipinski definition) is 3. The Balaban J connectivity index is 1.74. The zero-order chi connectivity index (χ0) is 18.0. The predicted molar refractivity (Wildman–Crippen MR) is 92.3 cm³/mol. The summed E-state index contributed by atoms with van der Waals surface area (Å²) in [5.74, 6) is -1.12. The minimum atomic E-state index is -1.01. The highest BCUT2D eigenvalue weighted by molar-refractivity contribution is 5.85. The van der Waals surface area contributed by atoms with Gasteiger partial charge in [0, 0.05) is 13.1 Å². The lowest BCUT2D eigenvalue weighted by Crippen LogP contribution is -2.43. The number of nitrogens with one attached hydrogen (secondary N) is 1. The molecule has 1 aromatic carbocycles. The highest BCUT2D eigenvalue weighted by Crippen LogP contribution is 2.34. The Labute approximate surface area is 146 Å². The molecule has 1 saturated carbocycles. The molecule has 3 rings (SSSR count). The van der Waals surface area contributed by atoms with Crippen LogP contribution in [0, 0.1) is 5.92 Å². The number of aliphatic carboxylic acids is 1. The molecule has 25 heavy (non-hydrogen) atoms. The normalized spacial score (nSPS) is 19.9. The molecule has 1 aliphatic carbocycles. The quantitative estimate of drug-likeness (QED) is 0.831. The molecular formula is C19H22N2O4. The number of amides is 2. The maximum absolute atomic E-state index is 12.5. The van der Waals surface area contributed by atoms with E-state index in [4.69, 9.17) is 0 Å². The number of carboxylic acid groups (broad SMARTS) is 1. The van der Waals surface area contributed by atoms with Crippen LogP contribution in [0.25, 0.3) is 6.08 Å². The van der Waals surface area contributed by atoms with Crippen molar-refractivity contribution in [2.45, 2.75) is 44.7 Å². The summed E-state index contributed by atoms with van der Waals surface area (Å²) in [5, 5.41) is 11.9. The van der Waals surface area contributed by atoms with E-state index in [0.717, 1.165) is 24.0 Å². The monoisotopic (exact) mass is 342 g/mol. The lowest BCUT2D eigenvalue weighted by molar-refractivity contribution is -0.142. The molecule has 0 aromatic heterocycles. The lowest BCUT2D eigenvalue weighted by Gasteiger charge is -2.32. The fourth-order valence-electron chi connectivity index (χ4n) is 3.25. The molecule has 2 atom stereocenters. The topological polar surface area (TPSA) is 86.7 Å². The van der Waals surface area contributed by atoms with Gasteiger partial charge in [-0.1, -0.05) is 37.1 Å². The third kappa shape index (κ3) is 4.07. The molecule has 0 radical (unpaired) electrons. The summed E-state index contributed by atoms with van der Waals surface area (Å²) in [7, 11) is 0. The van der Waals surface area contributed by atoms with Crippen LogP contribution in [0.1, 0.15) is 49.8 Å². The third-order valence-electron chi connectivity index (χ3n) is 4.75. The number of benzene rings is 1. The van der Waals surface area contributed by atoms with Crippen molar-refractivity contribution in [1.29, 1.82) is 0 Å². The fourth-order valence-corrected chi connectivity index (χ4v) is 3.25. The average Bonchev–Trinajstić information content (AvgIpc) is 3.38. The molecule has 1 aliphatic heterocycles. The van der Waals surface area contributed by atoms with Gasteiger partial charge in [0.15, 0.2) is 0 Å². The van der Waals surface area contributed by atoms with Gasteiger partial charge in [-0.05, 0) is 29.5 Å². The fraction of sp³-hybridized carbons (Fsp3) is 0.421. The second kappa shape index (κ2) is 7.09. The number of hydrogen-bond donors (Lipinski definition) is 2. The first-order valence-electron chi connectivity index (χ1n) is 8.54. The highest BCUT2D eigenvalue weighted by atomic mass is 16.4. The lowest BCUT2D eigenvalue weighted by atomic mass is 9.93. The Morgan fingerprint density at radius 3 is 2.64 bits per heavy atom. The van der Waals surface area contributed by atoms with Crippen molar-refractivity contribution >= 4 is 23.9 Å². The largest absolute Gasteiger partial charge is 0.480 e. The number of carboxylic acids is 1. The molecule has 1 heterocycles. The van der Waals surface area contributed by atoms with Gasteiger partial charge in [0.25, 0.3) is 0 Å². The number of nitrogens with zero attached hydrogens (tertiary/aromatic N) is 1. The van der Waals surface area contributed by atoms with Gasteiger partial charge >= 0.3 is 5.97 Å². The first-order valence-corrected chi connectivity index (χ1v) is 8.54. The van der Waals surface area contributed by atoms with Crippen LogP contribution in [0.3, 0.4) is 0 Å². The highest BCUT2D eigenvalue weighted by Gasteiger charge is 2.32. The van der Waals surface area contributed by atoms with E-state index in [9.17, 15) is 19.5 Å². The molecule has 0 spiro atoms. The molecule has 2 unspecified atom stereocenters. The standard InChI is InChI=1S/C19H22N2O4/c1-12(22)21-9-8-14-4-2-3-5-15(14)17(21)11-18(23)20-16(19(24)25)10-13-6-7-13/h2-5,8-9,13,16-17H,6-7,10-11H2,1H3,(H,20,23)(H,24,25). The van der Waals surface area contributed by atoms with Gasteiger partial charge in [-0.3, -0.25) is 9.59 Å². The van der Waals surface area contributed by atoms with Crippen LogP contribution < -0.4 is 5.32 Å². The van der Waals surface area contributed by atoms with Crippen LogP contribution in [0.2, 0.25) is 0 Å². The van der Waals surface area contributed by atoms with Crippen molar-refractivity contribution in [1.82, 2.24) is 10.2 Å². The summed E-state index contributed by atoms with van der Waals surface area (Å²) in [4.78, 5) is 37.3. The molecule has 6 nitrogen and oxygen atoms in total. The van der Waals surface area contributed by atoms with Gasteiger partial charge in [0.1, 0.15) is 6.04 Å². The summed E-state index contributed by atoms with van der Waals surface area (Å²) in [6, 6.07) is 6.32. The zero-order valence-corrected chi connectivity index (χ0v) is 14.1. The first-order chi connectivity index (χ1) is 12.0. The SMILES string of the molecule is CC(=O)N1C=Cc2ccccc2C1CC(=O)NC(CC1CC1)C(=O)O. The van der Waals surface area contributed by atoms with Gasteiger partial charge in [-0.2, -0.15) is 0 Å². The zero-order valence-electron chi connectivity index (χ0n) is 14.1. The molecule has 2 aliphatic rings. The van der Waals surface area contributed by atoms with Crippen LogP contribution in [0.5, 0.6) is 0 Å². The van der Waals surface area contributed by atoms with Crippen molar-refractivity contribution in [2.24, 2.45) is 5.92 Å². The molecular weight excluding hydrogens is 320 g/mol. The summed E-state index contributed by atoms with van der Waals surface area (Å²) in [6.07, 6.45) is 6.09. The van der Waals surface area contributed by atoms with Crippen molar-refractivity contribution < 1.29 is 19.5 Å². The van der Waals surface area contributed by atoms with E-state index in [1.807, 2.05) is 30.3 Å². The number of carbonyl (C=O) groups is 3. The van der Waals surface area contributed by atoms with E-state index in [0.29, 0.717) is 12.3 Å². The summed E-state index contributed by atoms with van der Waals surface area (Å²) < 4.78 is 0. The molecule has 6 heteroatoms. The Kier molecular flexibility index (Phi) is 4.88. The van der Waals surface area contributed by atoms with Crippen molar-refractivity contribution in [3.05, 3.63) is 41.6 Å². The smallest absolute Gasteiger partial charge is 0.326 e. The van der Waals surface area contributed by atoms with E-state index in [2.05, 4.69) is 5.32 Å².